The molecular formula is C21H30FN5O3S. The van der Waals surface area contributed by atoms with Gasteiger partial charge in [0.25, 0.3) is 0 Å². The second-order valence-electron chi connectivity index (χ2n) is 7.23. The number of nitrogens with two attached hydrogens (primary N) is 1. The first-order chi connectivity index (χ1) is 14.9. The van der Waals surface area contributed by atoms with Crippen LogP contribution in [0.2, 0.25) is 0 Å². The number of halogens is 1. The SMILES string of the molecule is CCC1COC[C@@H](c2cnc(Nc3cc(F)cc(SN)c3)nc2)C1.CCCNC(=O)O. The maximum absolute atomic E-state index is 13.5. The van der Waals surface area contributed by atoms with E-state index in [1.165, 1.54) is 12.1 Å². The zero-order valence-corrected chi connectivity index (χ0v) is 18.6. The number of benzene rings is 1. The first-order valence-corrected chi connectivity index (χ1v) is 11.1. The summed E-state index contributed by atoms with van der Waals surface area (Å²) in [6, 6.07) is 4.52. The molecule has 1 aromatic carbocycles. The van der Waals surface area contributed by atoms with Crippen LogP contribution < -0.4 is 15.8 Å². The van der Waals surface area contributed by atoms with Gasteiger partial charge in [-0.1, -0.05) is 20.3 Å². The summed E-state index contributed by atoms with van der Waals surface area (Å²) in [4.78, 5) is 19.0. The average Bonchev–Trinajstić information content (AvgIpc) is 2.78. The molecule has 0 spiro atoms. The molecule has 1 amide bonds. The van der Waals surface area contributed by atoms with Crippen molar-refractivity contribution in [1.29, 1.82) is 0 Å². The van der Waals surface area contributed by atoms with Gasteiger partial charge >= 0.3 is 6.09 Å². The van der Waals surface area contributed by atoms with Crippen LogP contribution in [0.5, 0.6) is 0 Å². The number of anilines is 2. The van der Waals surface area contributed by atoms with Crippen LogP contribution in [-0.2, 0) is 4.74 Å². The van der Waals surface area contributed by atoms with E-state index in [0.29, 0.717) is 41.5 Å². The molecule has 10 heteroatoms. The molecule has 0 bridgehead atoms. The molecule has 1 aliphatic heterocycles. The number of carboxylic acid groups (broad SMARTS) is 1. The number of amides is 1. The van der Waals surface area contributed by atoms with Crippen molar-refractivity contribution in [3.8, 4) is 0 Å². The molecule has 2 heterocycles. The lowest BCUT2D eigenvalue weighted by Crippen LogP contribution is -2.24. The fourth-order valence-electron chi connectivity index (χ4n) is 3.11. The minimum atomic E-state index is -0.943. The van der Waals surface area contributed by atoms with Gasteiger partial charge in [-0.3, -0.25) is 5.14 Å². The second kappa shape index (κ2) is 13.1. The average molecular weight is 452 g/mol. The van der Waals surface area contributed by atoms with E-state index in [1.807, 2.05) is 19.3 Å². The predicted molar refractivity (Wildman–Crippen MR) is 120 cm³/mol. The van der Waals surface area contributed by atoms with Crippen molar-refractivity contribution >= 4 is 29.7 Å². The summed E-state index contributed by atoms with van der Waals surface area (Å²) < 4.78 is 19.2. The molecule has 31 heavy (non-hydrogen) atoms. The summed E-state index contributed by atoms with van der Waals surface area (Å²) in [7, 11) is 0. The van der Waals surface area contributed by atoms with Crippen molar-refractivity contribution in [2.24, 2.45) is 11.1 Å². The van der Waals surface area contributed by atoms with E-state index in [1.54, 1.807) is 6.07 Å². The number of nitrogens with one attached hydrogen (secondary N) is 2. The van der Waals surface area contributed by atoms with E-state index in [0.717, 1.165) is 43.4 Å². The molecule has 1 unspecified atom stereocenters. The zero-order valence-electron chi connectivity index (χ0n) is 17.8. The topological polar surface area (TPSA) is 122 Å². The zero-order chi connectivity index (χ0) is 22.6. The molecule has 3 rings (SSSR count). The molecule has 1 aromatic heterocycles. The van der Waals surface area contributed by atoms with Crippen LogP contribution in [0.15, 0.2) is 35.5 Å². The van der Waals surface area contributed by atoms with Gasteiger partial charge in [0.15, 0.2) is 0 Å². The molecule has 2 aromatic rings. The molecule has 0 radical (unpaired) electrons. The van der Waals surface area contributed by atoms with Gasteiger partial charge in [0, 0.05) is 42.0 Å². The Morgan fingerprint density at radius 3 is 2.61 bits per heavy atom. The van der Waals surface area contributed by atoms with Gasteiger partial charge in [-0.15, -0.1) is 0 Å². The van der Waals surface area contributed by atoms with E-state index >= 15 is 0 Å². The highest BCUT2D eigenvalue weighted by Gasteiger charge is 2.23. The Labute approximate surface area is 186 Å². The van der Waals surface area contributed by atoms with Crippen LogP contribution in [0.4, 0.5) is 20.8 Å². The summed E-state index contributed by atoms with van der Waals surface area (Å²) in [5.74, 6) is 1.02. The predicted octanol–water partition coefficient (Wildman–Crippen LogP) is 4.52. The van der Waals surface area contributed by atoms with Crippen LogP contribution in [0.25, 0.3) is 0 Å². The lowest BCUT2D eigenvalue weighted by Gasteiger charge is -2.28. The summed E-state index contributed by atoms with van der Waals surface area (Å²) in [5.41, 5.74) is 1.65. The molecule has 0 saturated carbocycles. The minimum absolute atomic E-state index is 0.340. The van der Waals surface area contributed by atoms with Gasteiger partial charge in [-0.05, 0) is 54.5 Å². The summed E-state index contributed by atoms with van der Waals surface area (Å²) in [6.07, 6.45) is 5.78. The second-order valence-corrected chi connectivity index (χ2v) is 7.94. The van der Waals surface area contributed by atoms with Crippen LogP contribution in [0.1, 0.15) is 44.6 Å². The Morgan fingerprint density at radius 2 is 2.03 bits per heavy atom. The summed E-state index contributed by atoms with van der Waals surface area (Å²) in [5, 5.41) is 18.6. The van der Waals surface area contributed by atoms with Crippen molar-refractivity contribution in [3.05, 3.63) is 42.0 Å². The Hall–Kier alpha value is -2.43. The Bertz CT molecular complexity index is 825. The molecule has 5 N–H and O–H groups in total. The van der Waals surface area contributed by atoms with E-state index in [2.05, 4.69) is 27.5 Å². The van der Waals surface area contributed by atoms with Crippen molar-refractivity contribution in [1.82, 2.24) is 15.3 Å². The molecule has 170 valence electrons. The molecular weight excluding hydrogens is 421 g/mol. The normalized spacial score (nSPS) is 17.9. The number of rotatable bonds is 7. The largest absolute Gasteiger partial charge is 0.465 e. The fraction of sp³-hybridized carbons (Fsp3) is 0.476. The molecule has 2 atom stereocenters. The summed E-state index contributed by atoms with van der Waals surface area (Å²) in [6.45, 7) is 6.21. The van der Waals surface area contributed by atoms with Crippen molar-refractivity contribution in [2.75, 3.05) is 25.1 Å². The number of hydrogen-bond acceptors (Lipinski definition) is 7. The van der Waals surface area contributed by atoms with Crippen molar-refractivity contribution in [3.63, 3.8) is 0 Å². The fourth-order valence-corrected chi connectivity index (χ4v) is 3.49. The highest BCUT2D eigenvalue weighted by molar-refractivity contribution is 7.97. The number of carbonyl (C=O) groups is 1. The first-order valence-electron chi connectivity index (χ1n) is 10.3. The van der Waals surface area contributed by atoms with Crippen LogP contribution in [0, 0.1) is 11.7 Å². The van der Waals surface area contributed by atoms with E-state index in [4.69, 9.17) is 15.0 Å². The van der Waals surface area contributed by atoms with E-state index < -0.39 is 6.09 Å². The standard InChI is InChI=1S/C17H21FN4OS.C4H9NO2/c1-2-11-3-12(10-23-9-11)13-7-20-17(21-8-13)22-15-4-14(18)5-16(6-15)24-19;1-2-3-5-4(6)7/h4-8,11-12H,2-3,9-10,19H2,1H3,(H,20,21,22);5H,2-3H2,1H3,(H,6,7)/t11?,12-;/m0./s1. The molecule has 1 aliphatic rings. The number of ether oxygens (including phenoxy) is 1. The third-order valence-electron chi connectivity index (χ3n) is 4.80. The van der Waals surface area contributed by atoms with Gasteiger partial charge in [-0.2, -0.15) is 0 Å². The third kappa shape index (κ3) is 8.68. The van der Waals surface area contributed by atoms with E-state index in [-0.39, 0.29) is 5.82 Å². The Balaban J connectivity index is 0.000000423. The van der Waals surface area contributed by atoms with Crippen LogP contribution in [0.3, 0.4) is 0 Å². The summed E-state index contributed by atoms with van der Waals surface area (Å²) >= 11 is 0.996. The maximum atomic E-state index is 13.5. The highest BCUT2D eigenvalue weighted by atomic mass is 32.2. The molecule has 8 nitrogen and oxygen atoms in total. The minimum Gasteiger partial charge on any atom is -0.465 e. The van der Waals surface area contributed by atoms with Gasteiger partial charge in [0.1, 0.15) is 5.82 Å². The number of aromatic nitrogens is 2. The van der Waals surface area contributed by atoms with Gasteiger partial charge < -0.3 is 20.5 Å². The first kappa shape index (κ1) is 24.8. The Kier molecular flexibility index (Phi) is 10.5. The molecule has 0 aliphatic carbocycles. The van der Waals surface area contributed by atoms with Crippen molar-refractivity contribution in [2.45, 2.75) is 43.9 Å². The highest BCUT2D eigenvalue weighted by Crippen LogP contribution is 2.30. The van der Waals surface area contributed by atoms with Gasteiger partial charge in [0.05, 0.1) is 6.61 Å². The lowest BCUT2D eigenvalue weighted by atomic mass is 9.88. The number of nitrogens with zero attached hydrogens (tertiary/aromatic N) is 2. The van der Waals surface area contributed by atoms with Crippen LogP contribution in [-0.4, -0.2) is 40.9 Å². The Morgan fingerprint density at radius 1 is 1.29 bits per heavy atom. The molecule has 1 fully saturated rings. The van der Waals surface area contributed by atoms with E-state index in [9.17, 15) is 9.18 Å². The smallest absolute Gasteiger partial charge is 0.404 e. The van der Waals surface area contributed by atoms with Crippen molar-refractivity contribution < 1.29 is 19.0 Å². The van der Waals surface area contributed by atoms with Gasteiger partial charge in [0.2, 0.25) is 5.95 Å². The molecule has 1 saturated heterocycles. The maximum Gasteiger partial charge on any atom is 0.404 e. The van der Waals surface area contributed by atoms with Crippen LogP contribution >= 0.6 is 11.9 Å². The monoisotopic (exact) mass is 451 g/mol. The quantitative estimate of drug-likeness (QED) is 0.453. The lowest BCUT2D eigenvalue weighted by molar-refractivity contribution is 0.0378. The number of hydrogen-bond donors (Lipinski definition) is 4. The third-order valence-corrected chi connectivity index (χ3v) is 5.31. The van der Waals surface area contributed by atoms with Gasteiger partial charge in [-0.25, -0.2) is 19.2 Å².